The summed E-state index contributed by atoms with van der Waals surface area (Å²) in [6.45, 7) is 6.63. The van der Waals surface area contributed by atoms with E-state index in [-0.39, 0.29) is 36.1 Å². The number of rotatable bonds is 9. The summed E-state index contributed by atoms with van der Waals surface area (Å²) >= 11 is 0. The fourth-order valence-corrected chi connectivity index (χ4v) is 6.59. The first kappa shape index (κ1) is 29.6. The Morgan fingerprint density at radius 3 is 2.48 bits per heavy atom. The molecule has 5 rings (SSSR count). The van der Waals surface area contributed by atoms with Crippen LogP contribution in [0.1, 0.15) is 77.2 Å². The van der Waals surface area contributed by atoms with E-state index in [9.17, 15) is 19.5 Å². The Morgan fingerprint density at radius 2 is 1.76 bits per heavy atom. The molecule has 2 aliphatic rings. The van der Waals surface area contributed by atoms with Gasteiger partial charge in [-0.25, -0.2) is 4.98 Å². The van der Waals surface area contributed by atoms with Crippen LogP contribution in [-0.4, -0.2) is 52.0 Å². The molecule has 0 saturated heterocycles. The number of para-hydroxylation sites is 3. The van der Waals surface area contributed by atoms with Crippen LogP contribution in [0, 0.1) is 17.3 Å². The lowest BCUT2D eigenvalue weighted by atomic mass is 9.74. The summed E-state index contributed by atoms with van der Waals surface area (Å²) < 4.78 is 0. The number of amides is 2. The van der Waals surface area contributed by atoms with Gasteiger partial charge in [0.05, 0.1) is 17.0 Å². The highest BCUT2D eigenvalue weighted by Gasteiger charge is 2.38. The third-order valence-corrected chi connectivity index (χ3v) is 8.70. The molecule has 1 saturated carbocycles. The minimum absolute atomic E-state index is 0.0669. The molecule has 0 bridgehead atoms. The van der Waals surface area contributed by atoms with E-state index in [2.05, 4.69) is 20.6 Å². The standard InChI is InChI=1S/C33H43N5O4/c1-33(2,3)18-25(31(41)42)23-16-17-30(40)38(28-11-7-4-8-24(23)28)20-29(39)34-19-21-12-14-22(15-13-21)35-32-36-26-9-5-6-10-27(26)37-32/h4-11,21-23,25H,12-20H2,1-3H3,(H,34,39)(H,41,42)(H2,35,36,37). The van der Waals surface area contributed by atoms with Crippen molar-refractivity contribution in [2.24, 2.45) is 17.3 Å². The van der Waals surface area contributed by atoms with Crippen LogP contribution < -0.4 is 15.5 Å². The van der Waals surface area contributed by atoms with Gasteiger partial charge in [0, 0.05) is 24.7 Å². The lowest BCUT2D eigenvalue weighted by Crippen LogP contribution is -2.42. The van der Waals surface area contributed by atoms with E-state index in [0.29, 0.717) is 37.0 Å². The van der Waals surface area contributed by atoms with Crippen LogP contribution in [-0.2, 0) is 14.4 Å². The second kappa shape index (κ2) is 12.5. The number of hydrogen-bond acceptors (Lipinski definition) is 5. The normalized spacial score (nSPS) is 21.8. The van der Waals surface area contributed by atoms with Crippen LogP contribution in [0.15, 0.2) is 48.5 Å². The van der Waals surface area contributed by atoms with Crippen LogP contribution in [0.5, 0.6) is 0 Å². The molecule has 2 unspecified atom stereocenters. The van der Waals surface area contributed by atoms with Gasteiger partial charge in [-0.05, 0) is 79.5 Å². The number of nitrogens with zero attached hydrogens (tertiary/aromatic N) is 2. The summed E-state index contributed by atoms with van der Waals surface area (Å²) in [6, 6.07) is 15.8. The topological polar surface area (TPSA) is 127 Å². The number of aromatic amines is 1. The molecule has 1 aliphatic carbocycles. The van der Waals surface area contributed by atoms with Crippen molar-refractivity contribution in [3.05, 3.63) is 54.1 Å². The van der Waals surface area contributed by atoms with E-state index >= 15 is 0 Å². The second-order valence-electron chi connectivity index (χ2n) is 13.2. The van der Waals surface area contributed by atoms with E-state index < -0.39 is 11.9 Å². The smallest absolute Gasteiger partial charge is 0.307 e. The molecule has 9 heteroatoms. The summed E-state index contributed by atoms with van der Waals surface area (Å²) in [6.07, 6.45) is 5.15. The number of aliphatic carboxylic acids is 1. The first-order chi connectivity index (χ1) is 20.1. The highest BCUT2D eigenvalue weighted by molar-refractivity contribution is 6.00. The minimum Gasteiger partial charge on any atom is -0.481 e. The Bertz CT molecular complexity index is 1390. The zero-order chi connectivity index (χ0) is 29.9. The number of H-pyrrole nitrogens is 1. The molecule has 0 radical (unpaired) electrons. The van der Waals surface area contributed by atoms with Gasteiger partial charge in [0.2, 0.25) is 17.8 Å². The van der Waals surface area contributed by atoms with Crippen molar-refractivity contribution in [2.45, 2.75) is 77.7 Å². The van der Waals surface area contributed by atoms with Crippen molar-refractivity contribution in [1.82, 2.24) is 15.3 Å². The minimum atomic E-state index is -0.842. The van der Waals surface area contributed by atoms with Gasteiger partial charge >= 0.3 is 5.97 Å². The molecule has 2 aromatic carbocycles. The summed E-state index contributed by atoms with van der Waals surface area (Å²) in [5.41, 5.74) is 3.28. The molecule has 0 spiro atoms. The molecular weight excluding hydrogens is 530 g/mol. The van der Waals surface area contributed by atoms with E-state index in [1.807, 2.05) is 69.3 Å². The maximum atomic E-state index is 13.3. The highest BCUT2D eigenvalue weighted by atomic mass is 16.4. The monoisotopic (exact) mass is 573 g/mol. The van der Waals surface area contributed by atoms with E-state index in [0.717, 1.165) is 48.2 Å². The predicted molar refractivity (Wildman–Crippen MR) is 164 cm³/mol. The Morgan fingerprint density at radius 1 is 1.05 bits per heavy atom. The molecule has 2 heterocycles. The quantitative estimate of drug-likeness (QED) is 0.260. The van der Waals surface area contributed by atoms with Crippen LogP contribution >= 0.6 is 0 Å². The van der Waals surface area contributed by atoms with Gasteiger partial charge in [0.1, 0.15) is 6.54 Å². The molecule has 1 aromatic heterocycles. The van der Waals surface area contributed by atoms with Gasteiger partial charge in [-0.15, -0.1) is 0 Å². The van der Waals surface area contributed by atoms with Gasteiger partial charge in [0.25, 0.3) is 0 Å². The van der Waals surface area contributed by atoms with Gasteiger partial charge in [-0.2, -0.15) is 0 Å². The number of imidazole rings is 1. The number of nitrogens with one attached hydrogen (secondary N) is 3. The van der Waals surface area contributed by atoms with Gasteiger partial charge < -0.3 is 25.6 Å². The lowest BCUT2D eigenvalue weighted by Gasteiger charge is -2.30. The third-order valence-electron chi connectivity index (χ3n) is 8.70. The van der Waals surface area contributed by atoms with Crippen LogP contribution in [0.25, 0.3) is 11.0 Å². The Hall–Kier alpha value is -3.88. The zero-order valence-corrected chi connectivity index (χ0v) is 24.9. The van der Waals surface area contributed by atoms with Gasteiger partial charge in [0.15, 0.2) is 0 Å². The average molecular weight is 574 g/mol. The third kappa shape index (κ3) is 7.12. The molecule has 4 N–H and O–H groups in total. The summed E-state index contributed by atoms with van der Waals surface area (Å²) in [5.74, 6) is -0.896. The maximum absolute atomic E-state index is 13.3. The van der Waals surface area contributed by atoms with Crippen molar-refractivity contribution in [1.29, 1.82) is 0 Å². The van der Waals surface area contributed by atoms with Gasteiger partial charge in [-0.3, -0.25) is 14.4 Å². The number of carbonyl (C=O) groups is 3. The van der Waals surface area contributed by atoms with E-state index in [4.69, 9.17) is 0 Å². The fourth-order valence-electron chi connectivity index (χ4n) is 6.59. The zero-order valence-electron chi connectivity index (χ0n) is 24.9. The van der Waals surface area contributed by atoms with Crippen molar-refractivity contribution in [3.8, 4) is 0 Å². The molecule has 2 amide bonds. The largest absolute Gasteiger partial charge is 0.481 e. The Labute approximate surface area is 247 Å². The first-order valence-corrected chi connectivity index (χ1v) is 15.2. The number of hydrogen-bond donors (Lipinski definition) is 4. The maximum Gasteiger partial charge on any atom is 0.307 e. The van der Waals surface area contributed by atoms with Gasteiger partial charge in [-0.1, -0.05) is 51.1 Å². The number of aromatic nitrogens is 2. The predicted octanol–water partition coefficient (Wildman–Crippen LogP) is 5.70. The van der Waals surface area contributed by atoms with Crippen LogP contribution in [0.3, 0.4) is 0 Å². The number of carboxylic acids is 1. The molecule has 42 heavy (non-hydrogen) atoms. The molecule has 9 nitrogen and oxygen atoms in total. The highest BCUT2D eigenvalue weighted by Crippen LogP contribution is 2.43. The first-order valence-electron chi connectivity index (χ1n) is 15.2. The number of carbonyl (C=O) groups excluding carboxylic acids is 2. The van der Waals surface area contributed by atoms with Crippen LogP contribution in [0.2, 0.25) is 0 Å². The fraction of sp³-hybridized carbons (Fsp3) is 0.515. The molecule has 224 valence electrons. The summed E-state index contributed by atoms with van der Waals surface area (Å²) in [4.78, 5) is 48.2. The van der Waals surface area contributed by atoms with E-state index in [1.54, 1.807) is 4.90 Å². The number of benzene rings is 2. The van der Waals surface area contributed by atoms with E-state index in [1.165, 1.54) is 0 Å². The molecule has 2 atom stereocenters. The summed E-state index contributed by atoms with van der Waals surface area (Å²) in [5, 5.41) is 16.7. The molecule has 1 fully saturated rings. The number of anilines is 2. The number of fused-ring (bicyclic) bond motifs is 2. The van der Waals surface area contributed by atoms with Crippen molar-refractivity contribution in [3.63, 3.8) is 0 Å². The van der Waals surface area contributed by atoms with Crippen LogP contribution in [0.4, 0.5) is 11.6 Å². The lowest BCUT2D eigenvalue weighted by molar-refractivity contribution is -0.144. The van der Waals surface area contributed by atoms with Crippen molar-refractivity contribution < 1.29 is 19.5 Å². The average Bonchev–Trinajstić information content (AvgIpc) is 3.31. The van der Waals surface area contributed by atoms with Crippen molar-refractivity contribution >= 4 is 40.5 Å². The second-order valence-corrected chi connectivity index (χ2v) is 13.2. The molecule has 1 aliphatic heterocycles. The molecular formula is C33H43N5O4. The Kier molecular flexibility index (Phi) is 8.85. The Balaban J connectivity index is 1.17. The summed E-state index contributed by atoms with van der Waals surface area (Å²) in [7, 11) is 0. The molecule has 3 aromatic rings. The SMILES string of the molecule is CC(C)(C)CC(C(=O)O)C1CCC(=O)N(CC(=O)NCC2CCC(Nc3nc4ccccc4[nH]3)CC2)c2ccccc21. The van der Waals surface area contributed by atoms with Crippen molar-refractivity contribution in [2.75, 3.05) is 23.3 Å². The number of carboxylic acid groups (broad SMARTS) is 1.